The van der Waals surface area contributed by atoms with Crippen molar-refractivity contribution in [2.45, 2.75) is 19.4 Å². The largest absolute Gasteiger partial charge is 0.352 e. The molecule has 2 amide bonds. The molecule has 1 aliphatic rings. The zero-order valence-corrected chi connectivity index (χ0v) is 12.1. The second-order valence-electron chi connectivity index (χ2n) is 4.86. The number of nitro groups is 1. The monoisotopic (exact) mass is 311 g/mol. The molecule has 0 saturated carbocycles. The van der Waals surface area contributed by atoms with Crippen molar-refractivity contribution in [2.24, 2.45) is 0 Å². The zero-order valence-electron chi connectivity index (χ0n) is 11.3. The van der Waals surface area contributed by atoms with E-state index in [1.807, 2.05) is 0 Å². The Bertz CT molecular complexity index is 605. The number of likely N-dealkylation sites (tertiary alicyclic amines) is 1. The number of amides is 2. The lowest BCUT2D eigenvalue weighted by Crippen LogP contribution is -2.37. The van der Waals surface area contributed by atoms with E-state index in [9.17, 15) is 19.7 Å². The van der Waals surface area contributed by atoms with E-state index in [1.54, 1.807) is 0 Å². The van der Waals surface area contributed by atoms with Crippen molar-refractivity contribution in [3.8, 4) is 0 Å². The molecule has 0 bridgehead atoms. The molecular formula is C13H14ClN3O4. The molecule has 0 aliphatic carbocycles. The normalized spacial score (nSPS) is 17.6. The molecule has 0 aromatic heterocycles. The van der Waals surface area contributed by atoms with Crippen LogP contribution in [0, 0.1) is 10.1 Å². The number of nitro benzene ring substituents is 1. The van der Waals surface area contributed by atoms with Gasteiger partial charge in [0, 0.05) is 38.2 Å². The average Bonchev–Trinajstić information content (AvgIpc) is 2.85. The summed E-state index contributed by atoms with van der Waals surface area (Å²) in [5.41, 5.74) is -0.0744. The van der Waals surface area contributed by atoms with Crippen LogP contribution in [-0.2, 0) is 4.79 Å². The van der Waals surface area contributed by atoms with Crippen LogP contribution in [0.1, 0.15) is 23.7 Å². The Morgan fingerprint density at radius 2 is 2.19 bits per heavy atom. The lowest BCUT2D eigenvalue weighted by Gasteiger charge is -2.17. The summed E-state index contributed by atoms with van der Waals surface area (Å²) in [7, 11) is 0. The van der Waals surface area contributed by atoms with E-state index in [0.717, 1.165) is 0 Å². The molecule has 1 N–H and O–H groups in total. The Morgan fingerprint density at radius 3 is 2.81 bits per heavy atom. The number of halogens is 1. The maximum atomic E-state index is 12.4. The predicted octanol–water partition coefficient (Wildman–Crippen LogP) is 1.60. The zero-order chi connectivity index (χ0) is 15.6. The van der Waals surface area contributed by atoms with E-state index in [-0.39, 0.29) is 34.1 Å². The third-order valence-corrected chi connectivity index (χ3v) is 3.60. The van der Waals surface area contributed by atoms with Crippen LogP contribution in [0.3, 0.4) is 0 Å². The van der Waals surface area contributed by atoms with Gasteiger partial charge in [0.1, 0.15) is 0 Å². The van der Waals surface area contributed by atoms with Crippen molar-refractivity contribution in [1.29, 1.82) is 0 Å². The molecule has 1 unspecified atom stereocenters. The summed E-state index contributed by atoms with van der Waals surface area (Å²) >= 11 is 5.96. The lowest BCUT2D eigenvalue weighted by atomic mass is 10.1. The molecule has 1 atom stereocenters. The van der Waals surface area contributed by atoms with Crippen molar-refractivity contribution in [3.63, 3.8) is 0 Å². The van der Waals surface area contributed by atoms with Gasteiger partial charge in [0.05, 0.1) is 15.5 Å². The van der Waals surface area contributed by atoms with Crippen LogP contribution in [-0.4, -0.2) is 40.8 Å². The van der Waals surface area contributed by atoms with Crippen LogP contribution in [0.2, 0.25) is 5.02 Å². The minimum absolute atomic E-state index is 0.0936. The van der Waals surface area contributed by atoms with E-state index in [0.29, 0.717) is 19.5 Å². The summed E-state index contributed by atoms with van der Waals surface area (Å²) in [6.45, 7) is 2.27. The van der Waals surface area contributed by atoms with E-state index in [1.165, 1.54) is 30.0 Å². The first kappa shape index (κ1) is 15.2. The highest BCUT2D eigenvalue weighted by Gasteiger charge is 2.29. The molecule has 1 aromatic carbocycles. The highest BCUT2D eigenvalue weighted by atomic mass is 35.5. The van der Waals surface area contributed by atoms with Crippen molar-refractivity contribution < 1.29 is 14.5 Å². The molecule has 2 rings (SSSR count). The maximum Gasteiger partial charge on any atom is 0.270 e. The van der Waals surface area contributed by atoms with Crippen LogP contribution in [0.25, 0.3) is 0 Å². The number of nitrogens with one attached hydrogen (secondary N) is 1. The highest BCUT2D eigenvalue weighted by molar-refractivity contribution is 6.33. The minimum atomic E-state index is -0.572. The van der Waals surface area contributed by atoms with E-state index in [2.05, 4.69) is 5.32 Å². The summed E-state index contributed by atoms with van der Waals surface area (Å²) < 4.78 is 0. The van der Waals surface area contributed by atoms with Gasteiger partial charge in [0.15, 0.2) is 0 Å². The van der Waals surface area contributed by atoms with Gasteiger partial charge in [0.2, 0.25) is 5.91 Å². The number of hydrogen-bond acceptors (Lipinski definition) is 4. The van der Waals surface area contributed by atoms with Gasteiger partial charge in [-0.05, 0) is 12.5 Å². The van der Waals surface area contributed by atoms with Gasteiger partial charge in [-0.15, -0.1) is 0 Å². The smallest absolute Gasteiger partial charge is 0.270 e. The van der Waals surface area contributed by atoms with E-state index in [4.69, 9.17) is 11.6 Å². The van der Waals surface area contributed by atoms with Crippen molar-refractivity contribution in [2.75, 3.05) is 13.1 Å². The van der Waals surface area contributed by atoms with Crippen LogP contribution >= 0.6 is 11.6 Å². The van der Waals surface area contributed by atoms with Crippen LogP contribution in [0.5, 0.6) is 0 Å². The molecule has 8 heteroatoms. The molecule has 112 valence electrons. The molecule has 1 aliphatic heterocycles. The number of nitrogens with zero attached hydrogens (tertiary/aromatic N) is 2. The Morgan fingerprint density at radius 1 is 1.48 bits per heavy atom. The Balaban J connectivity index is 2.15. The fraction of sp³-hybridized carbons (Fsp3) is 0.385. The Hall–Kier alpha value is -2.15. The second-order valence-corrected chi connectivity index (χ2v) is 5.27. The maximum absolute atomic E-state index is 12.4. The molecule has 1 heterocycles. The molecule has 21 heavy (non-hydrogen) atoms. The second kappa shape index (κ2) is 6.09. The first-order chi connectivity index (χ1) is 9.88. The number of carbonyl (C=O) groups excluding carboxylic acids is 2. The lowest BCUT2D eigenvalue weighted by molar-refractivity contribution is -0.384. The molecule has 7 nitrogen and oxygen atoms in total. The summed E-state index contributed by atoms with van der Waals surface area (Å²) in [5.74, 6) is -0.515. The third kappa shape index (κ3) is 3.49. The molecule has 1 fully saturated rings. The number of hydrogen-bond donors (Lipinski definition) is 1. The number of non-ortho nitro benzene ring substituents is 1. The minimum Gasteiger partial charge on any atom is -0.352 e. The summed E-state index contributed by atoms with van der Waals surface area (Å²) in [4.78, 5) is 35.1. The van der Waals surface area contributed by atoms with Crippen LogP contribution in [0.4, 0.5) is 5.69 Å². The Labute approximate surface area is 126 Å². The fourth-order valence-electron chi connectivity index (χ4n) is 2.31. The predicted molar refractivity (Wildman–Crippen MR) is 76.2 cm³/mol. The Kier molecular flexibility index (Phi) is 4.42. The van der Waals surface area contributed by atoms with Gasteiger partial charge < -0.3 is 10.2 Å². The summed E-state index contributed by atoms with van der Waals surface area (Å²) in [6.07, 6.45) is 0.651. The number of rotatable bonds is 3. The van der Waals surface area contributed by atoms with Crippen molar-refractivity contribution >= 4 is 29.1 Å². The first-order valence-corrected chi connectivity index (χ1v) is 6.76. The van der Waals surface area contributed by atoms with Crippen molar-refractivity contribution in [3.05, 3.63) is 38.9 Å². The van der Waals surface area contributed by atoms with E-state index < -0.39 is 4.92 Å². The molecular weight excluding hydrogens is 298 g/mol. The molecule has 1 aromatic rings. The number of benzene rings is 1. The van der Waals surface area contributed by atoms with Gasteiger partial charge >= 0.3 is 0 Å². The molecule has 1 saturated heterocycles. The summed E-state index contributed by atoms with van der Waals surface area (Å²) in [6, 6.07) is 3.68. The third-order valence-electron chi connectivity index (χ3n) is 3.27. The van der Waals surface area contributed by atoms with E-state index >= 15 is 0 Å². The number of carbonyl (C=O) groups is 2. The van der Waals surface area contributed by atoms with Gasteiger partial charge in [-0.3, -0.25) is 19.7 Å². The standard InChI is InChI=1S/C13H14ClN3O4/c1-8(18)15-9-4-5-16(7-9)13(19)11-6-10(17(20)21)2-3-12(11)14/h2-3,6,9H,4-5,7H2,1H3,(H,15,18). The SMILES string of the molecule is CC(=O)NC1CCN(C(=O)c2cc([N+](=O)[O-])ccc2Cl)C1. The van der Waals surface area contributed by atoms with Crippen molar-refractivity contribution in [1.82, 2.24) is 10.2 Å². The quantitative estimate of drug-likeness (QED) is 0.678. The van der Waals surface area contributed by atoms with Crippen LogP contribution < -0.4 is 5.32 Å². The highest BCUT2D eigenvalue weighted by Crippen LogP contribution is 2.24. The van der Waals surface area contributed by atoms with Gasteiger partial charge in [-0.2, -0.15) is 0 Å². The first-order valence-electron chi connectivity index (χ1n) is 6.39. The van der Waals surface area contributed by atoms with Gasteiger partial charge in [-0.25, -0.2) is 0 Å². The summed E-state index contributed by atoms with van der Waals surface area (Å²) in [5, 5.41) is 13.7. The average molecular weight is 312 g/mol. The van der Waals surface area contributed by atoms with Crippen LogP contribution in [0.15, 0.2) is 18.2 Å². The van der Waals surface area contributed by atoms with Gasteiger partial charge in [0.25, 0.3) is 11.6 Å². The molecule has 0 radical (unpaired) electrons. The topological polar surface area (TPSA) is 92.6 Å². The fourth-order valence-corrected chi connectivity index (χ4v) is 2.51. The van der Waals surface area contributed by atoms with Gasteiger partial charge in [-0.1, -0.05) is 11.6 Å². The molecule has 0 spiro atoms.